The maximum Gasteiger partial charge on any atom is 0.219 e. The van der Waals surface area contributed by atoms with Crippen molar-refractivity contribution < 1.29 is 19.0 Å². The van der Waals surface area contributed by atoms with Crippen LogP contribution in [-0.2, 0) is 14.4 Å². The Morgan fingerprint density at radius 2 is 1.56 bits per heavy atom. The summed E-state index contributed by atoms with van der Waals surface area (Å²) in [7, 11) is 7.10. The second-order valence-electron chi connectivity index (χ2n) is 6.46. The molecule has 0 saturated heterocycles. The number of nitrogens with one attached hydrogen (secondary N) is 1. The summed E-state index contributed by atoms with van der Waals surface area (Å²) in [4.78, 5) is 34.6. The smallest absolute Gasteiger partial charge is 0.219 e. The average Bonchev–Trinajstić information content (AvgIpc) is 2.49. The maximum atomic E-state index is 11.0. The fourth-order valence-electron chi connectivity index (χ4n) is 1.71. The third kappa shape index (κ3) is 22.7. The van der Waals surface area contributed by atoms with Crippen LogP contribution in [-0.4, -0.2) is 74.8 Å². The van der Waals surface area contributed by atoms with Crippen molar-refractivity contribution in [2.45, 2.75) is 53.4 Å². The molecule has 0 aromatic heterocycles. The van der Waals surface area contributed by atoms with Gasteiger partial charge in [-0.3, -0.25) is 14.4 Å². The molecule has 0 aromatic rings. The number of ketones is 2. The van der Waals surface area contributed by atoms with Crippen LogP contribution in [0.15, 0.2) is 0 Å². The number of rotatable bonds is 11. The molecule has 25 heavy (non-hydrogen) atoms. The summed E-state index contributed by atoms with van der Waals surface area (Å²) in [5.74, 6) is -0.417. The molecule has 0 fully saturated rings. The van der Waals surface area contributed by atoms with E-state index in [4.69, 9.17) is 0 Å². The van der Waals surface area contributed by atoms with Crippen molar-refractivity contribution in [3.05, 3.63) is 5.21 Å². The zero-order valence-electron chi connectivity index (χ0n) is 16.2. The Kier molecular flexibility index (Phi) is 18.4. The van der Waals surface area contributed by atoms with Crippen LogP contribution in [0, 0.1) is 5.21 Å². The van der Waals surface area contributed by atoms with Crippen molar-refractivity contribution in [1.82, 2.24) is 10.2 Å². The summed E-state index contributed by atoms with van der Waals surface area (Å²) in [5.41, 5.74) is 0. The molecule has 7 nitrogen and oxygen atoms in total. The Morgan fingerprint density at radius 1 is 1.00 bits per heavy atom. The number of hydrogen-bond acceptors (Lipinski definition) is 5. The Hall–Kier alpha value is -1.31. The first kappa shape index (κ1) is 28.5. The van der Waals surface area contributed by atoms with Gasteiger partial charge in [-0.1, -0.05) is 21.3 Å². The molecule has 0 unspecified atom stereocenters. The van der Waals surface area contributed by atoms with Crippen LogP contribution in [0.25, 0.3) is 0 Å². The average molecular weight is 362 g/mol. The molecule has 0 aliphatic heterocycles. The van der Waals surface area contributed by atoms with Gasteiger partial charge in [-0.25, -0.2) is 0 Å². The van der Waals surface area contributed by atoms with E-state index in [0.717, 1.165) is 19.4 Å². The van der Waals surface area contributed by atoms with Crippen molar-refractivity contribution in [3.8, 4) is 0 Å². The lowest BCUT2D eigenvalue weighted by molar-refractivity contribution is -0.840. The summed E-state index contributed by atoms with van der Waals surface area (Å²) in [6.45, 7) is 5.54. The molecule has 0 atom stereocenters. The summed E-state index contributed by atoms with van der Waals surface area (Å²) in [6.07, 6.45) is 2.75. The highest BCUT2D eigenvalue weighted by atomic mass is 16.5. The van der Waals surface area contributed by atoms with Gasteiger partial charge in [0.15, 0.2) is 11.6 Å². The van der Waals surface area contributed by atoms with Crippen LogP contribution < -0.4 is 5.32 Å². The molecular weight excluding hydrogens is 322 g/mol. The number of hydroxylamine groups is 3. The monoisotopic (exact) mass is 361 g/mol. The molecule has 0 rings (SSSR count). The second-order valence-corrected chi connectivity index (χ2v) is 6.46. The number of carbonyl (C=O) groups excluding carboxylic acids is 3. The highest BCUT2D eigenvalue weighted by Gasteiger charge is 2.09. The number of amides is 1. The molecule has 0 aliphatic carbocycles. The second kappa shape index (κ2) is 16.2. The van der Waals surface area contributed by atoms with Crippen molar-refractivity contribution in [1.29, 1.82) is 0 Å². The van der Waals surface area contributed by atoms with Crippen molar-refractivity contribution in [2.75, 3.05) is 47.8 Å². The van der Waals surface area contributed by atoms with Gasteiger partial charge in [-0.05, 0) is 27.1 Å². The fraction of sp³-hybridized carbons (Fsp3) is 0.833. The molecule has 0 heterocycles. The molecular formula is C18H39N3O4. The van der Waals surface area contributed by atoms with Crippen molar-refractivity contribution in [3.63, 3.8) is 0 Å². The minimum absolute atomic E-state index is 0. The predicted molar refractivity (Wildman–Crippen MR) is 103 cm³/mol. The highest BCUT2D eigenvalue weighted by Crippen LogP contribution is 1.95. The first-order chi connectivity index (χ1) is 11.0. The molecule has 1 N–H and O–H groups in total. The first-order valence-electron chi connectivity index (χ1n) is 8.54. The van der Waals surface area contributed by atoms with Gasteiger partial charge in [0.2, 0.25) is 5.91 Å². The van der Waals surface area contributed by atoms with Crippen LogP contribution in [0.5, 0.6) is 0 Å². The number of carbonyl (C=O) groups is 3. The first-order valence-corrected chi connectivity index (χ1v) is 8.54. The zero-order chi connectivity index (χ0) is 19.2. The van der Waals surface area contributed by atoms with E-state index >= 15 is 0 Å². The van der Waals surface area contributed by atoms with Gasteiger partial charge in [-0.15, -0.1) is 0 Å². The molecule has 0 bridgehead atoms. The lowest BCUT2D eigenvalue weighted by atomic mass is 10.1. The fourth-order valence-corrected chi connectivity index (χ4v) is 1.71. The van der Waals surface area contributed by atoms with Crippen molar-refractivity contribution >= 4 is 17.5 Å². The summed E-state index contributed by atoms with van der Waals surface area (Å²) in [6, 6.07) is 0. The molecule has 1 amide bonds. The molecule has 0 radical (unpaired) electrons. The lowest BCUT2D eigenvalue weighted by Gasteiger charge is -2.33. The van der Waals surface area contributed by atoms with Gasteiger partial charge in [0.1, 0.15) is 0 Å². The molecule has 0 aliphatic rings. The number of Topliss-reactive ketones (excluding diaryl/α,β-unsaturated/α-hetero) is 2. The quantitative estimate of drug-likeness (QED) is 0.263. The Balaban J connectivity index is -0.000000372. The molecule has 0 aromatic carbocycles. The van der Waals surface area contributed by atoms with Crippen LogP contribution in [0.2, 0.25) is 0 Å². The van der Waals surface area contributed by atoms with Crippen LogP contribution in [0.1, 0.15) is 53.4 Å². The molecule has 7 heteroatoms. The summed E-state index contributed by atoms with van der Waals surface area (Å²) < 4.78 is -0.290. The van der Waals surface area contributed by atoms with E-state index in [1.54, 1.807) is 21.0 Å². The van der Waals surface area contributed by atoms with Crippen LogP contribution in [0.4, 0.5) is 0 Å². The normalized spacial score (nSPS) is 10.4. The maximum absolute atomic E-state index is 11.0. The standard InChI is InChI=1S/C9H17NO2.C8H18N2O2.CH4/c1-4-8(11)9(12)6-5-7-10(2)3;1-4-8(11)9-6-5-7-10(2,3)12;/h4-7H2,1-3H3;4-7H2,1-3H3,(H,9,11);1H4. The van der Waals surface area contributed by atoms with Crippen molar-refractivity contribution in [2.24, 2.45) is 0 Å². The SMILES string of the molecule is C.CCC(=O)C(=O)CCCN(C)C.CCC(=O)NCCC[N+](C)(C)[O-]. The molecule has 150 valence electrons. The number of nitrogens with zero attached hydrogens (tertiary/aromatic N) is 2. The third-order valence-corrected chi connectivity index (χ3v) is 3.16. The van der Waals surface area contributed by atoms with E-state index < -0.39 is 0 Å². The topological polar surface area (TPSA) is 89.5 Å². The summed E-state index contributed by atoms with van der Waals surface area (Å²) >= 11 is 0. The zero-order valence-corrected chi connectivity index (χ0v) is 16.2. The van der Waals surface area contributed by atoms with Crippen LogP contribution >= 0.6 is 0 Å². The molecule has 0 spiro atoms. The Labute approximate surface area is 153 Å². The third-order valence-electron chi connectivity index (χ3n) is 3.16. The highest BCUT2D eigenvalue weighted by molar-refractivity contribution is 6.37. The van der Waals surface area contributed by atoms with E-state index in [1.807, 2.05) is 25.9 Å². The minimum Gasteiger partial charge on any atom is -0.633 e. The number of quaternary nitrogens is 1. The van der Waals surface area contributed by atoms with Gasteiger partial charge in [0.25, 0.3) is 0 Å². The van der Waals surface area contributed by atoms with E-state index in [2.05, 4.69) is 5.32 Å². The van der Waals surface area contributed by atoms with E-state index in [-0.39, 0.29) is 29.5 Å². The van der Waals surface area contributed by atoms with Gasteiger partial charge in [-0.2, -0.15) is 0 Å². The molecule has 0 saturated carbocycles. The van der Waals surface area contributed by atoms with Gasteiger partial charge < -0.3 is 20.1 Å². The number of hydrogen-bond donors (Lipinski definition) is 1. The largest absolute Gasteiger partial charge is 0.633 e. The van der Waals surface area contributed by atoms with Crippen LogP contribution in [0.3, 0.4) is 0 Å². The van der Waals surface area contributed by atoms with E-state index in [9.17, 15) is 19.6 Å². The van der Waals surface area contributed by atoms with E-state index in [1.165, 1.54) is 0 Å². The van der Waals surface area contributed by atoms with Gasteiger partial charge in [0.05, 0.1) is 20.6 Å². The Morgan fingerprint density at radius 3 is 1.96 bits per heavy atom. The summed E-state index contributed by atoms with van der Waals surface area (Å²) in [5, 5.41) is 13.8. The minimum atomic E-state index is -0.290. The van der Waals surface area contributed by atoms with Gasteiger partial charge in [0, 0.05) is 32.2 Å². The Bertz CT molecular complexity index is 377. The predicted octanol–water partition coefficient (Wildman–Crippen LogP) is 1.99. The lowest BCUT2D eigenvalue weighted by Crippen LogP contribution is -2.35. The van der Waals surface area contributed by atoms with E-state index in [0.29, 0.717) is 32.4 Å². The van der Waals surface area contributed by atoms with Gasteiger partial charge >= 0.3 is 0 Å².